The maximum atomic E-state index is 12.0. The smallest absolute Gasteiger partial charge is 0.280 e. The molecule has 1 aromatic carbocycles. The third kappa shape index (κ3) is 2.98. The van der Waals surface area contributed by atoms with Crippen LogP contribution in [0.5, 0.6) is 0 Å². The summed E-state index contributed by atoms with van der Waals surface area (Å²) in [6.45, 7) is 1.79. The van der Waals surface area contributed by atoms with Gasteiger partial charge in [-0.05, 0) is 30.7 Å². The molecular formula is C16H12N2O4S2. The van der Waals surface area contributed by atoms with E-state index < -0.39 is 4.92 Å². The zero-order valence-electron chi connectivity index (χ0n) is 12.8. The van der Waals surface area contributed by atoms with Crippen molar-refractivity contribution in [3.8, 4) is 11.3 Å². The van der Waals surface area contributed by atoms with Crippen molar-refractivity contribution in [1.82, 2.24) is 4.90 Å². The van der Waals surface area contributed by atoms with Gasteiger partial charge in [0.2, 0.25) is 0 Å². The molecule has 0 spiro atoms. The van der Waals surface area contributed by atoms with Crippen LogP contribution < -0.4 is 0 Å². The molecule has 1 aromatic heterocycles. The SMILES string of the molecule is Cc1ccc(-c2ccc(/C=C3\SC(=S)N(C)C3=O)o2)c([N+](=O)[O-])c1. The summed E-state index contributed by atoms with van der Waals surface area (Å²) < 4.78 is 6.15. The lowest BCUT2D eigenvalue weighted by atomic mass is 10.1. The van der Waals surface area contributed by atoms with E-state index in [9.17, 15) is 14.9 Å². The van der Waals surface area contributed by atoms with Gasteiger partial charge in [-0.1, -0.05) is 30.0 Å². The molecule has 0 saturated carbocycles. The highest BCUT2D eigenvalue weighted by Gasteiger charge is 2.29. The molecule has 24 heavy (non-hydrogen) atoms. The van der Waals surface area contributed by atoms with E-state index in [2.05, 4.69) is 0 Å². The Morgan fingerprint density at radius 1 is 1.33 bits per heavy atom. The third-order valence-corrected chi connectivity index (χ3v) is 4.99. The van der Waals surface area contributed by atoms with Crippen molar-refractivity contribution in [1.29, 1.82) is 0 Å². The number of benzene rings is 1. The zero-order valence-corrected chi connectivity index (χ0v) is 14.4. The first-order chi connectivity index (χ1) is 11.4. The molecule has 3 rings (SSSR count). The van der Waals surface area contributed by atoms with Gasteiger partial charge >= 0.3 is 0 Å². The van der Waals surface area contributed by atoms with Crippen molar-refractivity contribution < 1.29 is 14.1 Å². The first-order valence-corrected chi connectivity index (χ1v) is 8.16. The summed E-state index contributed by atoms with van der Waals surface area (Å²) in [6.07, 6.45) is 1.59. The van der Waals surface area contributed by atoms with Crippen molar-refractivity contribution in [2.45, 2.75) is 6.92 Å². The number of aryl methyl sites for hydroxylation is 1. The average Bonchev–Trinajstić information content (AvgIpc) is 3.09. The zero-order chi connectivity index (χ0) is 17.4. The molecule has 0 radical (unpaired) electrons. The molecule has 1 aliphatic rings. The highest BCUT2D eigenvalue weighted by molar-refractivity contribution is 8.26. The van der Waals surface area contributed by atoms with Gasteiger partial charge < -0.3 is 4.42 Å². The fraction of sp³-hybridized carbons (Fsp3) is 0.125. The minimum absolute atomic E-state index is 0.0178. The van der Waals surface area contributed by atoms with E-state index in [0.717, 1.165) is 5.56 Å². The van der Waals surface area contributed by atoms with Crippen molar-refractivity contribution in [3.05, 3.63) is 56.7 Å². The Kier molecular flexibility index (Phi) is 4.25. The van der Waals surface area contributed by atoms with Crippen LogP contribution in [-0.4, -0.2) is 27.1 Å². The van der Waals surface area contributed by atoms with Gasteiger partial charge in [-0.3, -0.25) is 19.8 Å². The van der Waals surface area contributed by atoms with Gasteiger partial charge in [0, 0.05) is 19.2 Å². The van der Waals surface area contributed by atoms with Gasteiger partial charge in [-0.25, -0.2) is 0 Å². The Morgan fingerprint density at radius 2 is 2.08 bits per heavy atom. The van der Waals surface area contributed by atoms with Gasteiger partial charge in [-0.15, -0.1) is 0 Å². The standard InChI is InChI=1S/C16H12N2O4S2/c1-9-3-5-11(12(7-9)18(20)21)13-6-4-10(22-13)8-14-15(19)17(2)16(23)24-14/h3-8H,1-2H3/b14-8-. The van der Waals surface area contributed by atoms with Crippen LogP contribution in [-0.2, 0) is 4.79 Å². The molecule has 0 atom stereocenters. The molecule has 1 amide bonds. The van der Waals surface area contributed by atoms with E-state index in [-0.39, 0.29) is 11.6 Å². The molecular weight excluding hydrogens is 348 g/mol. The molecule has 2 heterocycles. The molecule has 0 bridgehead atoms. The molecule has 8 heteroatoms. The fourth-order valence-electron chi connectivity index (χ4n) is 2.25. The van der Waals surface area contributed by atoms with E-state index in [1.807, 2.05) is 0 Å². The topological polar surface area (TPSA) is 76.6 Å². The first-order valence-electron chi connectivity index (χ1n) is 6.93. The van der Waals surface area contributed by atoms with Gasteiger partial charge in [0.15, 0.2) is 0 Å². The van der Waals surface area contributed by atoms with E-state index in [1.165, 1.54) is 22.7 Å². The fourth-order valence-corrected chi connectivity index (χ4v) is 3.41. The minimum Gasteiger partial charge on any atom is -0.456 e. The van der Waals surface area contributed by atoms with Crippen molar-refractivity contribution in [2.24, 2.45) is 0 Å². The Hall–Kier alpha value is -2.45. The summed E-state index contributed by atoms with van der Waals surface area (Å²) >= 11 is 6.27. The second-order valence-corrected chi connectivity index (χ2v) is 6.90. The Morgan fingerprint density at radius 3 is 2.71 bits per heavy atom. The van der Waals surface area contributed by atoms with Gasteiger partial charge in [-0.2, -0.15) is 0 Å². The summed E-state index contributed by atoms with van der Waals surface area (Å²) in [7, 11) is 1.61. The Balaban J connectivity index is 1.97. The minimum atomic E-state index is -0.438. The van der Waals surface area contributed by atoms with Crippen molar-refractivity contribution in [3.63, 3.8) is 0 Å². The van der Waals surface area contributed by atoms with Crippen LogP contribution in [0.15, 0.2) is 39.7 Å². The monoisotopic (exact) mass is 360 g/mol. The van der Waals surface area contributed by atoms with E-state index in [1.54, 1.807) is 44.3 Å². The highest BCUT2D eigenvalue weighted by Crippen LogP contribution is 2.35. The van der Waals surface area contributed by atoms with Crippen LogP contribution in [0, 0.1) is 17.0 Å². The van der Waals surface area contributed by atoms with Crippen LogP contribution in [0.4, 0.5) is 5.69 Å². The Labute approximate surface area is 147 Å². The summed E-state index contributed by atoms with van der Waals surface area (Å²) in [4.78, 5) is 24.6. The third-order valence-electron chi connectivity index (χ3n) is 3.50. The number of nitrogens with zero attached hydrogens (tertiary/aromatic N) is 2. The lowest BCUT2D eigenvalue weighted by Crippen LogP contribution is -2.22. The maximum Gasteiger partial charge on any atom is 0.280 e. The van der Waals surface area contributed by atoms with E-state index in [4.69, 9.17) is 16.6 Å². The number of furan rings is 1. The number of hydrogen-bond donors (Lipinski definition) is 0. The number of carbonyl (C=O) groups is 1. The predicted octanol–water partition coefficient (Wildman–Crippen LogP) is 3.99. The number of thioether (sulfide) groups is 1. The molecule has 0 aliphatic carbocycles. The lowest BCUT2D eigenvalue weighted by molar-refractivity contribution is -0.384. The first kappa shape index (κ1) is 16.4. The average molecular weight is 360 g/mol. The second kappa shape index (κ2) is 6.21. The van der Waals surface area contributed by atoms with Crippen molar-refractivity contribution >= 4 is 46.0 Å². The van der Waals surface area contributed by atoms with E-state index >= 15 is 0 Å². The van der Waals surface area contributed by atoms with Gasteiger partial charge in [0.25, 0.3) is 11.6 Å². The maximum absolute atomic E-state index is 12.0. The highest BCUT2D eigenvalue weighted by atomic mass is 32.2. The molecule has 0 N–H and O–H groups in total. The number of amides is 1. The van der Waals surface area contributed by atoms with Crippen LogP contribution >= 0.6 is 24.0 Å². The largest absolute Gasteiger partial charge is 0.456 e. The van der Waals surface area contributed by atoms with Crippen molar-refractivity contribution in [2.75, 3.05) is 7.05 Å². The number of hydrogen-bond acceptors (Lipinski definition) is 6. The lowest BCUT2D eigenvalue weighted by Gasteiger charge is -2.03. The molecule has 1 saturated heterocycles. The number of likely N-dealkylation sites (N-methyl/N-ethyl adjacent to an activating group) is 1. The van der Waals surface area contributed by atoms with Crippen LogP contribution in [0.25, 0.3) is 17.4 Å². The van der Waals surface area contributed by atoms with Gasteiger partial charge in [0.05, 0.1) is 15.4 Å². The molecule has 1 aliphatic heterocycles. The Bertz CT molecular complexity index is 901. The number of rotatable bonds is 3. The van der Waals surface area contributed by atoms with Crippen LogP contribution in [0.1, 0.15) is 11.3 Å². The number of carbonyl (C=O) groups excluding carboxylic acids is 1. The number of thiocarbonyl (C=S) groups is 1. The second-order valence-electron chi connectivity index (χ2n) is 5.22. The normalized spacial score (nSPS) is 16.2. The van der Waals surface area contributed by atoms with Gasteiger partial charge in [0.1, 0.15) is 15.8 Å². The van der Waals surface area contributed by atoms with E-state index in [0.29, 0.717) is 26.3 Å². The molecule has 1 fully saturated rings. The molecule has 122 valence electrons. The summed E-state index contributed by atoms with van der Waals surface area (Å²) in [5.41, 5.74) is 1.17. The quantitative estimate of drug-likeness (QED) is 0.356. The summed E-state index contributed by atoms with van der Waals surface area (Å²) in [5.74, 6) is 0.623. The number of nitro groups is 1. The predicted molar refractivity (Wildman–Crippen MR) is 96.5 cm³/mol. The van der Waals surface area contributed by atoms with Crippen LogP contribution in [0.2, 0.25) is 0 Å². The molecule has 0 unspecified atom stereocenters. The molecule has 2 aromatic rings. The summed E-state index contributed by atoms with van der Waals surface area (Å²) in [5, 5.41) is 11.2. The molecule has 6 nitrogen and oxygen atoms in total. The summed E-state index contributed by atoms with van der Waals surface area (Å²) in [6, 6.07) is 8.26. The van der Waals surface area contributed by atoms with Crippen LogP contribution in [0.3, 0.4) is 0 Å². The number of nitro benzene ring substituents is 1.